The van der Waals surface area contributed by atoms with Gasteiger partial charge in [-0.2, -0.15) is 24.3 Å². The molecule has 3 N–H and O–H groups in total. The Balaban J connectivity index is 0. The third-order valence-electron chi connectivity index (χ3n) is 4.10. The number of allylic oxidation sites excluding steroid dienone is 4. The molecule has 1 rings (SSSR count). The number of rotatable bonds is 12. The van der Waals surface area contributed by atoms with Crippen LogP contribution in [0.3, 0.4) is 0 Å². The van der Waals surface area contributed by atoms with Crippen LogP contribution in [-0.4, -0.2) is 29.8 Å². The van der Waals surface area contributed by atoms with E-state index in [0.29, 0.717) is 59.8 Å². The first-order chi connectivity index (χ1) is 15.8. The van der Waals surface area contributed by atoms with Gasteiger partial charge in [-0.15, -0.1) is 6.61 Å². The zero-order valence-corrected chi connectivity index (χ0v) is 21.7. The van der Waals surface area contributed by atoms with Crippen LogP contribution in [0.1, 0.15) is 38.7 Å². The van der Waals surface area contributed by atoms with Crippen molar-refractivity contribution in [3.63, 3.8) is 0 Å². The Morgan fingerprint density at radius 3 is 2.47 bits per heavy atom. The number of benzene rings is 1. The minimum Gasteiger partial charge on any atom is -0.457 e. The van der Waals surface area contributed by atoms with Gasteiger partial charge in [0.25, 0.3) is 0 Å². The molecule has 0 unspecified atom stereocenters. The van der Waals surface area contributed by atoms with E-state index in [2.05, 4.69) is 23.3 Å². The first kappa shape index (κ1) is 33.9. The Labute approximate surface area is 222 Å². The molecule has 1 aromatic carbocycles. The molecule has 0 aliphatic rings. The smallest absolute Gasteiger partial charge is 0.457 e. The molecule has 0 aromatic heterocycles. The summed E-state index contributed by atoms with van der Waals surface area (Å²) in [6.45, 7) is 8.95. The van der Waals surface area contributed by atoms with Gasteiger partial charge in [0.05, 0.1) is 6.29 Å². The standard InChI is InChI=1S/C15H14Cl2NO.C10H16NO3.Ni/c1-3-5-6-11(4-2)15(19)18-10-12-7-8-13(16)9-14(12)17;1-2-11-10(14)5-3-4-9(8-13)6-7-12;/h4-9H,1,10H2,2H3,(H,18,19);6-8,13H,2-5H2,1H3,(H,11,14);/q2*-1;+3/b6-5-,11-4+;9-6-;. The molecule has 187 valence electrons. The van der Waals surface area contributed by atoms with E-state index in [0.717, 1.165) is 12.2 Å². The molecular weight excluding hydrogens is 522 g/mol. The van der Waals surface area contributed by atoms with Gasteiger partial charge in [-0.1, -0.05) is 41.8 Å². The summed E-state index contributed by atoms with van der Waals surface area (Å²) in [5, 5.41) is 15.2. The van der Waals surface area contributed by atoms with Gasteiger partial charge in [-0.3, -0.25) is 15.7 Å². The van der Waals surface area contributed by atoms with Gasteiger partial charge < -0.3 is 20.5 Å². The predicted octanol–water partition coefficient (Wildman–Crippen LogP) is 5.05. The fourth-order valence-electron chi connectivity index (χ4n) is 2.41. The maximum absolute atomic E-state index is 11.9. The normalized spacial score (nSPS) is 11.0. The molecule has 9 heteroatoms. The van der Waals surface area contributed by atoms with Crippen molar-refractivity contribution in [2.45, 2.75) is 39.7 Å². The van der Waals surface area contributed by atoms with E-state index in [1.54, 1.807) is 43.4 Å². The first-order valence-electron chi connectivity index (χ1n) is 10.3. The first-order valence-corrected chi connectivity index (χ1v) is 11.0. The molecule has 6 nitrogen and oxygen atoms in total. The minimum absolute atomic E-state index is 0. The van der Waals surface area contributed by atoms with E-state index in [9.17, 15) is 14.4 Å². The SMILES string of the molecule is C=[C-]/C=C\C(=C/C)C(=O)NCc1ccc(Cl)cc1Cl.CCNC(=O)CCC/C(=C/C=O)[CH-]O.[Ni+3]. The molecule has 2 amide bonds. The molecular formula is C25H30Cl2N2NiO4+. The summed E-state index contributed by atoms with van der Waals surface area (Å²) in [4.78, 5) is 33.0. The van der Waals surface area contributed by atoms with Crippen LogP contribution >= 0.6 is 23.2 Å². The molecule has 0 heterocycles. The van der Waals surface area contributed by atoms with Crippen LogP contribution in [-0.2, 0) is 37.4 Å². The van der Waals surface area contributed by atoms with E-state index < -0.39 is 0 Å². The largest absolute Gasteiger partial charge is 3.00 e. The minimum atomic E-state index is -0.181. The van der Waals surface area contributed by atoms with Crippen molar-refractivity contribution >= 4 is 41.3 Å². The quantitative estimate of drug-likeness (QED) is 0.111. The molecule has 0 saturated carbocycles. The van der Waals surface area contributed by atoms with Gasteiger partial charge in [0.2, 0.25) is 11.8 Å². The number of aldehydes is 1. The Morgan fingerprint density at radius 1 is 1.24 bits per heavy atom. The monoisotopic (exact) mass is 550 g/mol. The summed E-state index contributed by atoms with van der Waals surface area (Å²) in [6, 6.07) is 5.17. The second-order valence-corrected chi connectivity index (χ2v) is 7.36. The third-order valence-corrected chi connectivity index (χ3v) is 4.69. The maximum atomic E-state index is 11.9. The van der Waals surface area contributed by atoms with Crippen molar-refractivity contribution < 1.29 is 36.0 Å². The summed E-state index contributed by atoms with van der Waals surface area (Å²) in [6.07, 6.45) is 11.0. The Hall–Kier alpha value is -2.31. The molecule has 0 bridgehead atoms. The van der Waals surface area contributed by atoms with E-state index in [1.807, 2.05) is 6.92 Å². The van der Waals surface area contributed by atoms with Gasteiger partial charge >= 0.3 is 16.5 Å². The number of carbonyl (C=O) groups excluding carboxylic acids is 3. The molecule has 0 aliphatic carbocycles. The summed E-state index contributed by atoms with van der Waals surface area (Å²) in [5.74, 6) is -0.184. The third kappa shape index (κ3) is 15.5. The van der Waals surface area contributed by atoms with E-state index in [1.165, 1.54) is 6.08 Å². The second-order valence-electron chi connectivity index (χ2n) is 6.51. The van der Waals surface area contributed by atoms with Crippen LogP contribution in [0.4, 0.5) is 0 Å². The zero-order valence-electron chi connectivity index (χ0n) is 19.2. The van der Waals surface area contributed by atoms with Gasteiger partial charge in [0, 0.05) is 29.6 Å². The van der Waals surface area contributed by atoms with Gasteiger partial charge in [-0.05, 0) is 43.5 Å². The zero-order chi connectivity index (χ0) is 25.1. The van der Waals surface area contributed by atoms with Crippen molar-refractivity contribution in [3.05, 3.63) is 88.5 Å². The fraction of sp³-hybridized carbons (Fsp3) is 0.280. The number of aliphatic hydroxyl groups is 1. The molecule has 0 saturated heterocycles. The molecule has 0 aliphatic heterocycles. The van der Waals surface area contributed by atoms with Crippen molar-refractivity contribution in [3.8, 4) is 0 Å². The van der Waals surface area contributed by atoms with Crippen LogP contribution in [0.5, 0.6) is 0 Å². The second kappa shape index (κ2) is 21.2. The molecule has 0 atom stereocenters. The molecule has 0 spiro atoms. The topological polar surface area (TPSA) is 95.5 Å². The summed E-state index contributed by atoms with van der Waals surface area (Å²) in [5.41, 5.74) is 1.90. The molecule has 34 heavy (non-hydrogen) atoms. The summed E-state index contributed by atoms with van der Waals surface area (Å²) < 4.78 is 0. The number of hydrogen-bond acceptors (Lipinski definition) is 4. The van der Waals surface area contributed by atoms with Crippen LogP contribution in [0.15, 0.2) is 60.2 Å². The van der Waals surface area contributed by atoms with Gasteiger partial charge in [0.1, 0.15) is 0 Å². The number of hydrogen-bond donors (Lipinski definition) is 3. The Morgan fingerprint density at radius 2 is 1.94 bits per heavy atom. The van der Waals surface area contributed by atoms with E-state index >= 15 is 0 Å². The molecule has 1 aromatic rings. The van der Waals surface area contributed by atoms with Crippen LogP contribution in [0, 0.1) is 12.7 Å². The number of amides is 2. The van der Waals surface area contributed by atoms with Crippen molar-refractivity contribution in [1.29, 1.82) is 0 Å². The van der Waals surface area contributed by atoms with E-state index in [-0.39, 0.29) is 28.3 Å². The summed E-state index contributed by atoms with van der Waals surface area (Å²) in [7, 11) is 0. The average molecular weight is 552 g/mol. The van der Waals surface area contributed by atoms with Crippen LogP contribution < -0.4 is 10.6 Å². The Kier molecular flexibility index (Phi) is 21.2. The van der Waals surface area contributed by atoms with Crippen molar-refractivity contribution in [1.82, 2.24) is 10.6 Å². The van der Waals surface area contributed by atoms with Crippen LogP contribution in [0.25, 0.3) is 0 Å². The van der Waals surface area contributed by atoms with Gasteiger partial charge in [0.15, 0.2) is 0 Å². The fourth-order valence-corrected chi connectivity index (χ4v) is 2.89. The number of carbonyl (C=O) groups is 3. The van der Waals surface area contributed by atoms with Crippen LogP contribution in [0.2, 0.25) is 10.0 Å². The Bertz CT molecular complexity index is 884. The maximum Gasteiger partial charge on any atom is 3.00 e. The molecule has 1 radical (unpaired) electrons. The van der Waals surface area contributed by atoms with Gasteiger partial charge in [-0.25, -0.2) is 6.08 Å². The average Bonchev–Trinajstić information content (AvgIpc) is 2.79. The predicted molar refractivity (Wildman–Crippen MR) is 133 cm³/mol. The van der Waals surface area contributed by atoms with E-state index in [4.69, 9.17) is 28.3 Å². The van der Waals surface area contributed by atoms with Crippen molar-refractivity contribution in [2.24, 2.45) is 0 Å². The summed E-state index contributed by atoms with van der Waals surface area (Å²) >= 11 is 11.8. The number of aliphatic hydroxyl groups excluding tert-OH is 1. The number of nitrogens with one attached hydrogen (secondary N) is 2. The number of halogens is 2. The molecule has 0 fully saturated rings. The van der Waals surface area contributed by atoms with Crippen molar-refractivity contribution in [2.75, 3.05) is 6.54 Å².